The fourth-order valence-electron chi connectivity index (χ4n) is 5.97. The number of aromatic hydroxyl groups is 1. The van der Waals surface area contributed by atoms with Crippen LogP contribution in [0.25, 0.3) is 6.08 Å². The van der Waals surface area contributed by atoms with Gasteiger partial charge in [-0.2, -0.15) is 0 Å². The number of aliphatic hydroxyl groups excluding tert-OH is 2. The van der Waals surface area contributed by atoms with Crippen molar-refractivity contribution in [3.05, 3.63) is 71.4 Å². The van der Waals surface area contributed by atoms with Crippen LogP contribution in [-0.4, -0.2) is 130 Å². The van der Waals surface area contributed by atoms with Crippen LogP contribution in [0.1, 0.15) is 51.7 Å². The number of phenolic OH excluding ortho intramolecular Hbond substituents is 1. The lowest BCUT2D eigenvalue weighted by Crippen LogP contribution is -2.62. The molecule has 0 saturated carbocycles. The summed E-state index contributed by atoms with van der Waals surface area (Å²) >= 11 is 0. The van der Waals surface area contributed by atoms with Crippen LogP contribution < -0.4 is 38.1 Å². The molecule has 0 bridgehead atoms. The summed E-state index contributed by atoms with van der Waals surface area (Å²) in [5, 5.41) is 42.5. The fraction of sp³-hybridized carbons (Fsp3) is 0.450. The van der Waals surface area contributed by atoms with Crippen molar-refractivity contribution >= 4 is 53.4 Å². The van der Waals surface area contributed by atoms with E-state index in [1.807, 2.05) is 0 Å². The Hall–Kier alpha value is -6.38. The van der Waals surface area contributed by atoms with E-state index in [4.69, 9.17) is 16.2 Å². The molecule has 0 unspecified atom stereocenters. The predicted molar refractivity (Wildman–Crippen MR) is 214 cm³/mol. The number of phenols is 1. The number of primary amides is 1. The van der Waals surface area contributed by atoms with E-state index in [2.05, 4.69) is 26.6 Å². The van der Waals surface area contributed by atoms with Crippen LogP contribution in [-0.2, 0) is 49.5 Å². The lowest BCUT2D eigenvalue weighted by atomic mass is 10.00. The number of likely N-dealkylation sites (N-methyl/N-ethyl adjacent to an activating group) is 1. The lowest BCUT2D eigenvalue weighted by Gasteiger charge is -2.30. The molecule has 1 aliphatic rings. The third-order valence-corrected chi connectivity index (χ3v) is 9.34. The number of hydrogen-bond acceptors (Lipinski definition) is 13. The van der Waals surface area contributed by atoms with Crippen LogP contribution in [0.4, 0.5) is 0 Å². The first-order chi connectivity index (χ1) is 28.2. The zero-order valence-corrected chi connectivity index (χ0v) is 33.9. The number of amides is 7. The van der Waals surface area contributed by atoms with Crippen LogP contribution in [0.15, 0.2) is 60.3 Å². The van der Waals surface area contributed by atoms with Crippen LogP contribution in [0.5, 0.6) is 5.75 Å². The van der Waals surface area contributed by atoms with Gasteiger partial charge in [0.2, 0.25) is 35.4 Å². The van der Waals surface area contributed by atoms with E-state index in [-0.39, 0.29) is 30.2 Å². The molecule has 12 N–H and O–H groups in total. The van der Waals surface area contributed by atoms with Gasteiger partial charge in [-0.15, -0.1) is 0 Å². The van der Waals surface area contributed by atoms with Crippen molar-refractivity contribution in [1.82, 2.24) is 31.5 Å². The zero-order chi connectivity index (χ0) is 44.8. The van der Waals surface area contributed by atoms with Gasteiger partial charge in [0.1, 0.15) is 47.8 Å². The standard InChI is InChI=1S/C40H54N8O12/c1-20(2)15-26-34(53)43-27(16-23-9-7-6-8-10-23)36(55)47-33(21(3)50)38(57)45-28(18-31(41)52)35(54)46-29(19-49)40(59)60-22(4)32(42)39(58)48(5)30(37(56)44-26)17-24-11-13-25(51)14-12-24/h6-14,17,20-22,26-29,32-33,49-51H,15-16,18-19,42H2,1-5H3,(H2,41,52)(H,43,53)(H,44,56)(H,45,57)(H,46,54)(H,47,55)/b30-17+/t21-,22+,26-,27+,28-,29-,32-,33-/m0/s1. The normalized spacial score (nSPS) is 25.8. The molecule has 60 heavy (non-hydrogen) atoms. The van der Waals surface area contributed by atoms with Gasteiger partial charge in [-0.25, -0.2) is 4.79 Å². The quantitative estimate of drug-likeness (QED) is 0.0918. The maximum absolute atomic E-state index is 14.2. The number of nitrogens with one attached hydrogen (secondary N) is 5. The van der Waals surface area contributed by atoms with Gasteiger partial charge >= 0.3 is 5.97 Å². The van der Waals surface area contributed by atoms with Crippen molar-refractivity contribution in [2.75, 3.05) is 13.7 Å². The number of benzene rings is 2. The van der Waals surface area contributed by atoms with Crippen LogP contribution in [0, 0.1) is 5.92 Å². The van der Waals surface area contributed by atoms with Gasteiger partial charge in [-0.05, 0) is 55.5 Å². The summed E-state index contributed by atoms with van der Waals surface area (Å²) in [6, 6.07) is 4.18. The van der Waals surface area contributed by atoms with Gasteiger partial charge in [-0.1, -0.05) is 56.3 Å². The van der Waals surface area contributed by atoms with E-state index in [0.29, 0.717) is 11.1 Å². The molecule has 7 amide bonds. The first kappa shape index (κ1) is 48.0. The number of carbonyl (C=O) groups excluding carboxylic acids is 8. The smallest absolute Gasteiger partial charge is 0.331 e. The van der Waals surface area contributed by atoms with E-state index in [0.717, 1.165) is 11.8 Å². The largest absolute Gasteiger partial charge is 0.508 e. The van der Waals surface area contributed by atoms with E-state index >= 15 is 0 Å². The number of rotatable bonds is 9. The SMILES string of the molecule is CC(C)C[C@@H]1NC(=O)/C(=C\c2ccc(O)cc2)N(C)C(=O)[C@@H](N)[C@@H](C)OC(=O)[C@H](CO)NC(=O)[C@H](CC(N)=O)NC(=O)[C@H]([C@H](C)O)NC(=O)[C@@H](Cc2ccccc2)NC1=O. The molecule has 20 nitrogen and oxygen atoms in total. The summed E-state index contributed by atoms with van der Waals surface area (Å²) in [6.45, 7) is 4.89. The molecule has 326 valence electrons. The molecule has 0 aromatic heterocycles. The second-order valence-electron chi connectivity index (χ2n) is 14.8. The molecule has 1 heterocycles. The van der Waals surface area contributed by atoms with E-state index < -0.39 is 109 Å². The lowest BCUT2D eigenvalue weighted by molar-refractivity contribution is -0.156. The van der Waals surface area contributed by atoms with Gasteiger partial charge < -0.3 is 63.0 Å². The molecule has 1 fully saturated rings. The van der Waals surface area contributed by atoms with Crippen molar-refractivity contribution in [2.45, 2.75) is 95.4 Å². The number of cyclic esters (lactones) is 1. The highest BCUT2D eigenvalue weighted by atomic mass is 16.5. The highest BCUT2D eigenvalue weighted by Gasteiger charge is 2.37. The maximum Gasteiger partial charge on any atom is 0.331 e. The predicted octanol–water partition coefficient (Wildman–Crippen LogP) is -2.57. The highest BCUT2D eigenvalue weighted by Crippen LogP contribution is 2.18. The van der Waals surface area contributed by atoms with Gasteiger partial charge in [0.25, 0.3) is 5.91 Å². The molecule has 2 aromatic rings. The van der Waals surface area contributed by atoms with Crippen molar-refractivity contribution in [3.63, 3.8) is 0 Å². The minimum Gasteiger partial charge on any atom is -0.508 e. The number of carbonyl (C=O) groups is 8. The molecular formula is C40H54N8O12. The summed E-state index contributed by atoms with van der Waals surface area (Å²) in [4.78, 5) is 109. The number of nitrogens with zero attached hydrogens (tertiary/aromatic N) is 1. The molecule has 0 aliphatic carbocycles. The molecule has 2 aromatic carbocycles. The molecule has 1 aliphatic heterocycles. The van der Waals surface area contributed by atoms with Crippen molar-refractivity contribution in [2.24, 2.45) is 17.4 Å². The fourth-order valence-corrected chi connectivity index (χ4v) is 5.97. The first-order valence-electron chi connectivity index (χ1n) is 19.1. The number of ether oxygens (including phenoxy) is 1. The average Bonchev–Trinajstić information content (AvgIpc) is 3.19. The Balaban J connectivity index is 2.20. The Kier molecular flexibility index (Phi) is 17.7. The topological polar surface area (TPSA) is 322 Å². The average molecular weight is 839 g/mol. The summed E-state index contributed by atoms with van der Waals surface area (Å²) in [7, 11) is 1.21. The molecule has 1 saturated heterocycles. The summed E-state index contributed by atoms with van der Waals surface area (Å²) in [6.07, 6.45) is -2.73. The second kappa shape index (κ2) is 22.1. The van der Waals surface area contributed by atoms with Gasteiger partial charge in [0.15, 0.2) is 6.04 Å². The zero-order valence-electron chi connectivity index (χ0n) is 33.9. The Morgan fingerprint density at radius 3 is 1.95 bits per heavy atom. The van der Waals surface area contributed by atoms with E-state index in [1.54, 1.807) is 44.2 Å². The third kappa shape index (κ3) is 13.9. The summed E-state index contributed by atoms with van der Waals surface area (Å²) < 4.78 is 5.32. The van der Waals surface area contributed by atoms with Gasteiger partial charge in [0, 0.05) is 13.5 Å². The maximum atomic E-state index is 14.2. The third-order valence-electron chi connectivity index (χ3n) is 9.34. The molecular weight excluding hydrogens is 784 g/mol. The van der Waals surface area contributed by atoms with Crippen LogP contribution in [0.3, 0.4) is 0 Å². The van der Waals surface area contributed by atoms with Crippen LogP contribution in [0.2, 0.25) is 0 Å². The molecule has 0 spiro atoms. The molecule has 3 rings (SSSR count). The Bertz CT molecular complexity index is 1910. The van der Waals surface area contributed by atoms with Crippen molar-refractivity contribution in [3.8, 4) is 5.75 Å². The number of esters is 1. The number of aliphatic hydroxyl groups is 2. The number of nitrogens with two attached hydrogens (primary N) is 2. The Morgan fingerprint density at radius 1 is 0.817 bits per heavy atom. The van der Waals surface area contributed by atoms with Gasteiger partial charge in [-0.3, -0.25) is 33.6 Å². The van der Waals surface area contributed by atoms with Crippen molar-refractivity contribution < 1.29 is 58.4 Å². The Labute approximate surface area is 346 Å². The number of hydrogen-bond donors (Lipinski definition) is 10. The monoisotopic (exact) mass is 838 g/mol. The van der Waals surface area contributed by atoms with Crippen LogP contribution >= 0.6 is 0 Å². The van der Waals surface area contributed by atoms with Crippen molar-refractivity contribution in [1.29, 1.82) is 0 Å². The van der Waals surface area contributed by atoms with E-state index in [1.165, 1.54) is 44.3 Å². The Morgan fingerprint density at radius 2 is 1.38 bits per heavy atom. The molecule has 20 heteroatoms. The first-order valence-corrected chi connectivity index (χ1v) is 19.1. The van der Waals surface area contributed by atoms with E-state index in [9.17, 15) is 53.7 Å². The summed E-state index contributed by atoms with van der Waals surface area (Å²) in [5.74, 6) is -8.74. The molecule has 0 radical (unpaired) electrons. The molecule has 8 atom stereocenters. The minimum atomic E-state index is -1.83. The minimum absolute atomic E-state index is 0.0297. The highest BCUT2D eigenvalue weighted by molar-refractivity contribution is 6.04. The second-order valence-corrected chi connectivity index (χ2v) is 14.8. The summed E-state index contributed by atoms with van der Waals surface area (Å²) in [5.41, 5.74) is 12.1. The van der Waals surface area contributed by atoms with Gasteiger partial charge in [0.05, 0.1) is 19.1 Å².